The van der Waals surface area contributed by atoms with Crippen LogP contribution >= 0.6 is 0 Å². The van der Waals surface area contributed by atoms with Crippen LogP contribution in [-0.4, -0.2) is 42.5 Å². The molecule has 1 amide bonds. The molecule has 0 bridgehead atoms. The normalized spacial score (nSPS) is 10.4. The van der Waals surface area contributed by atoms with Crippen LogP contribution in [0.1, 0.15) is 5.69 Å². The van der Waals surface area contributed by atoms with Gasteiger partial charge in [0.25, 0.3) is 0 Å². The third-order valence-corrected chi connectivity index (χ3v) is 2.00. The highest BCUT2D eigenvalue weighted by Gasteiger charge is 2.01. The Kier molecular flexibility index (Phi) is 5.52. The van der Waals surface area contributed by atoms with Crippen LogP contribution in [0.5, 0.6) is 0 Å². The molecule has 0 fully saturated rings. The van der Waals surface area contributed by atoms with Gasteiger partial charge >= 0.3 is 0 Å². The second-order valence-corrected chi connectivity index (χ2v) is 3.43. The van der Waals surface area contributed by atoms with Gasteiger partial charge in [0.15, 0.2) is 0 Å². The van der Waals surface area contributed by atoms with Crippen LogP contribution in [0.15, 0.2) is 12.3 Å². The third-order valence-electron chi connectivity index (χ3n) is 2.00. The molecule has 1 aromatic rings. The van der Waals surface area contributed by atoms with E-state index in [2.05, 4.69) is 15.7 Å². The second-order valence-electron chi connectivity index (χ2n) is 3.43. The SMILES string of the molecule is COCCNCC(=O)NCc1ccn(C)n1. The molecular formula is C10H18N4O2. The Morgan fingerprint density at radius 3 is 3.06 bits per heavy atom. The molecule has 0 aromatic carbocycles. The van der Waals surface area contributed by atoms with Crippen LogP contribution in [0.3, 0.4) is 0 Å². The number of hydrogen-bond donors (Lipinski definition) is 2. The lowest BCUT2D eigenvalue weighted by Gasteiger charge is -2.04. The summed E-state index contributed by atoms with van der Waals surface area (Å²) in [5, 5.41) is 9.89. The lowest BCUT2D eigenvalue weighted by atomic mass is 10.4. The van der Waals surface area contributed by atoms with Gasteiger partial charge in [0.2, 0.25) is 5.91 Å². The molecule has 0 saturated carbocycles. The standard InChI is InChI=1S/C10H18N4O2/c1-14-5-3-9(13-14)7-12-10(15)8-11-4-6-16-2/h3,5,11H,4,6-8H2,1-2H3,(H,12,15). The number of carbonyl (C=O) groups is 1. The van der Waals surface area contributed by atoms with Crippen molar-refractivity contribution in [3.63, 3.8) is 0 Å². The summed E-state index contributed by atoms with van der Waals surface area (Å²) in [5.41, 5.74) is 0.854. The fraction of sp³-hybridized carbons (Fsp3) is 0.600. The average Bonchev–Trinajstić information content (AvgIpc) is 2.68. The summed E-state index contributed by atoms with van der Waals surface area (Å²) < 4.78 is 6.56. The van der Waals surface area contributed by atoms with Gasteiger partial charge in [0.1, 0.15) is 0 Å². The van der Waals surface area contributed by atoms with Crippen molar-refractivity contribution in [1.82, 2.24) is 20.4 Å². The zero-order valence-electron chi connectivity index (χ0n) is 9.69. The van der Waals surface area contributed by atoms with E-state index in [1.807, 2.05) is 19.3 Å². The molecule has 0 aliphatic rings. The second kappa shape index (κ2) is 6.97. The van der Waals surface area contributed by atoms with E-state index < -0.39 is 0 Å². The zero-order valence-corrected chi connectivity index (χ0v) is 9.69. The van der Waals surface area contributed by atoms with E-state index in [-0.39, 0.29) is 5.91 Å². The van der Waals surface area contributed by atoms with Crippen LogP contribution in [0.2, 0.25) is 0 Å². The van der Waals surface area contributed by atoms with Crippen molar-refractivity contribution in [3.05, 3.63) is 18.0 Å². The van der Waals surface area contributed by atoms with Gasteiger partial charge in [0, 0.05) is 26.9 Å². The number of nitrogens with one attached hydrogen (secondary N) is 2. The van der Waals surface area contributed by atoms with Crippen molar-refractivity contribution in [2.45, 2.75) is 6.54 Å². The van der Waals surface area contributed by atoms with Gasteiger partial charge in [-0.3, -0.25) is 9.48 Å². The highest BCUT2D eigenvalue weighted by Crippen LogP contribution is 1.92. The minimum Gasteiger partial charge on any atom is -0.383 e. The molecule has 6 nitrogen and oxygen atoms in total. The monoisotopic (exact) mass is 226 g/mol. The van der Waals surface area contributed by atoms with Gasteiger partial charge in [-0.1, -0.05) is 0 Å². The topological polar surface area (TPSA) is 68.2 Å². The molecule has 6 heteroatoms. The first-order valence-corrected chi connectivity index (χ1v) is 5.17. The average molecular weight is 226 g/mol. The maximum atomic E-state index is 11.3. The van der Waals surface area contributed by atoms with Crippen LogP contribution in [0.25, 0.3) is 0 Å². The molecule has 0 aliphatic carbocycles. The number of carbonyl (C=O) groups excluding carboxylic acids is 1. The first-order chi connectivity index (χ1) is 7.72. The number of methoxy groups -OCH3 is 1. The van der Waals surface area contributed by atoms with Gasteiger partial charge in [-0.2, -0.15) is 5.10 Å². The summed E-state index contributed by atoms with van der Waals surface area (Å²) in [4.78, 5) is 11.3. The minimum absolute atomic E-state index is 0.0400. The molecule has 0 saturated heterocycles. The first kappa shape index (κ1) is 12.7. The van der Waals surface area contributed by atoms with Gasteiger partial charge in [-0.25, -0.2) is 0 Å². The summed E-state index contributed by atoms with van der Waals surface area (Å²) in [7, 11) is 3.47. The maximum Gasteiger partial charge on any atom is 0.234 e. The molecule has 1 heterocycles. The van der Waals surface area contributed by atoms with Gasteiger partial charge < -0.3 is 15.4 Å². The molecule has 2 N–H and O–H groups in total. The lowest BCUT2D eigenvalue weighted by molar-refractivity contribution is -0.120. The Morgan fingerprint density at radius 2 is 2.44 bits per heavy atom. The number of aromatic nitrogens is 2. The molecule has 1 rings (SSSR count). The Labute approximate surface area is 95.0 Å². The zero-order chi connectivity index (χ0) is 11.8. The minimum atomic E-state index is -0.0400. The number of ether oxygens (including phenoxy) is 1. The van der Waals surface area contributed by atoms with Crippen LogP contribution < -0.4 is 10.6 Å². The van der Waals surface area contributed by atoms with Crippen molar-refractivity contribution in [3.8, 4) is 0 Å². The number of amides is 1. The van der Waals surface area contributed by atoms with Crippen LogP contribution in [0, 0.1) is 0 Å². The predicted molar refractivity (Wildman–Crippen MR) is 59.8 cm³/mol. The fourth-order valence-electron chi connectivity index (χ4n) is 1.19. The van der Waals surface area contributed by atoms with Crippen molar-refractivity contribution < 1.29 is 9.53 Å². The fourth-order valence-corrected chi connectivity index (χ4v) is 1.19. The Hall–Kier alpha value is -1.40. The third kappa shape index (κ3) is 4.90. The maximum absolute atomic E-state index is 11.3. The summed E-state index contributed by atoms with van der Waals surface area (Å²) >= 11 is 0. The van der Waals surface area contributed by atoms with Crippen molar-refractivity contribution in [1.29, 1.82) is 0 Å². The van der Waals surface area contributed by atoms with Crippen LogP contribution in [-0.2, 0) is 23.1 Å². The van der Waals surface area contributed by atoms with Crippen molar-refractivity contribution in [2.75, 3.05) is 26.8 Å². The Morgan fingerprint density at radius 1 is 1.62 bits per heavy atom. The van der Waals surface area contributed by atoms with Crippen molar-refractivity contribution in [2.24, 2.45) is 7.05 Å². The predicted octanol–water partition coefficient (Wildman–Crippen LogP) is -0.728. The van der Waals surface area contributed by atoms with Crippen molar-refractivity contribution >= 4 is 5.91 Å². The lowest BCUT2D eigenvalue weighted by Crippen LogP contribution is -2.34. The van der Waals surface area contributed by atoms with Gasteiger partial charge in [0.05, 0.1) is 25.4 Å². The molecular weight excluding hydrogens is 208 g/mol. The summed E-state index contributed by atoms with van der Waals surface area (Å²) in [6.07, 6.45) is 1.85. The molecule has 0 unspecified atom stereocenters. The molecule has 0 atom stereocenters. The summed E-state index contributed by atoms with van der Waals surface area (Å²) in [5.74, 6) is -0.0400. The van der Waals surface area contributed by atoms with Gasteiger partial charge in [-0.05, 0) is 6.07 Å². The quantitative estimate of drug-likeness (QED) is 0.602. The van der Waals surface area contributed by atoms with E-state index in [9.17, 15) is 4.79 Å². The molecule has 0 aliphatic heterocycles. The number of aryl methyl sites for hydroxylation is 1. The van der Waals surface area contributed by atoms with Crippen LogP contribution in [0.4, 0.5) is 0 Å². The smallest absolute Gasteiger partial charge is 0.234 e. The molecule has 0 spiro atoms. The highest BCUT2D eigenvalue weighted by molar-refractivity contribution is 5.77. The number of rotatable bonds is 7. The molecule has 1 aromatic heterocycles. The van der Waals surface area contributed by atoms with E-state index >= 15 is 0 Å². The van der Waals surface area contributed by atoms with E-state index in [0.29, 0.717) is 26.2 Å². The molecule has 16 heavy (non-hydrogen) atoms. The highest BCUT2D eigenvalue weighted by atomic mass is 16.5. The van der Waals surface area contributed by atoms with E-state index in [1.54, 1.807) is 11.8 Å². The largest absolute Gasteiger partial charge is 0.383 e. The Balaban J connectivity index is 2.10. The number of hydrogen-bond acceptors (Lipinski definition) is 4. The molecule has 90 valence electrons. The van der Waals surface area contributed by atoms with E-state index in [0.717, 1.165) is 5.69 Å². The molecule has 0 radical (unpaired) electrons. The summed E-state index contributed by atoms with van der Waals surface area (Å²) in [6.45, 7) is 2.04. The van der Waals surface area contributed by atoms with E-state index in [1.165, 1.54) is 0 Å². The first-order valence-electron chi connectivity index (χ1n) is 5.17. The van der Waals surface area contributed by atoms with E-state index in [4.69, 9.17) is 4.74 Å². The van der Waals surface area contributed by atoms with Gasteiger partial charge in [-0.15, -0.1) is 0 Å². The number of nitrogens with zero attached hydrogens (tertiary/aromatic N) is 2. The Bertz CT molecular complexity index is 324. The summed E-state index contributed by atoms with van der Waals surface area (Å²) in [6, 6.07) is 1.87.